The van der Waals surface area contributed by atoms with Crippen LogP contribution in [0.15, 0.2) is 115 Å². The average molecular weight is 414 g/mol. The van der Waals surface area contributed by atoms with Gasteiger partial charge in [-0.15, -0.1) is 11.3 Å². The van der Waals surface area contributed by atoms with Gasteiger partial charge in [0.1, 0.15) is 0 Å². The summed E-state index contributed by atoms with van der Waals surface area (Å²) in [7, 11) is 0. The molecule has 0 aliphatic heterocycles. The monoisotopic (exact) mass is 413 g/mol. The van der Waals surface area contributed by atoms with E-state index in [1.54, 1.807) is 0 Å². The minimum atomic E-state index is 1.01. The lowest BCUT2D eigenvalue weighted by Gasteiger charge is -2.06. The van der Waals surface area contributed by atoms with E-state index in [-0.39, 0.29) is 0 Å². The van der Waals surface area contributed by atoms with Gasteiger partial charge in [0.25, 0.3) is 0 Å². The first-order valence-corrected chi connectivity index (χ1v) is 11.2. The van der Waals surface area contributed by atoms with Crippen molar-refractivity contribution in [3.05, 3.63) is 115 Å². The Hall–Kier alpha value is -3.75. The molecule has 0 radical (unpaired) electrons. The lowest BCUT2D eigenvalue weighted by molar-refractivity contribution is 1.33. The molecular weight excluding hydrogens is 394 g/mol. The number of aromatic nitrogens is 1. The number of pyridine rings is 1. The third kappa shape index (κ3) is 3.31. The summed E-state index contributed by atoms with van der Waals surface area (Å²) in [4.78, 5) is 4.65. The Morgan fingerprint density at radius 3 is 1.87 bits per heavy atom. The summed E-state index contributed by atoms with van der Waals surface area (Å²) in [5.74, 6) is 0. The standard InChI is InChI=1S/C29H19NS/c1-3-7-20(8-4-1)22-12-14-28-26(17-22)25-13-11-24(19-29(25)31-28)27-18-23(15-16-30-27)21-9-5-2-6-10-21/h1-19H. The van der Waals surface area contributed by atoms with Crippen LogP contribution >= 0.6 is 11.3 Å². The van der Waals surface area contributed by atoms with E-state index in [0.717, 1.165) is 11.3 Å². The minimum absolute atomic E-state index is 1.01. The van der Waals surface area contributed by atoms with Gasteiger partial charge in [-0.25, -0.2) is 0 Å². The number of rotatable bonds is 3. The summed E-state index contributed by atoms with van der Waals surface area (Å²) < 4.78 is 2.61. The van der Waals surface area contributed by atoms with E-state index in [4.69, 9.17) is 0 Å². The second-order valence-electron chi connectivity index (χ2n) is 7.69. The predicted octanol–water partition coefficient (Wildman–Crippen LogP) is 8.45. The molecule has 2 heteroatoms. The summed E-state index contributed by atoms with van der Waals surface area (Å²) in [5, 5.41) is 2.62. The number of thiophene rings is 1. The van der Waals surface area contributed by atoms with Crippen LogP contribution in [0.5, 0.6) is 0 Å². The van der Waals surface area contributed by atoms with Crippen molar-refractivity contribution in [3.8, 4) is 33.5 Å². The van der Waals surface area contributed by atoms with Crippen molar-refractivity contribution in [1.29, 1.82) is 0 Å². The third-order valence-corrected chi connectivity index (χ3v) is 6.87. The molecule has 146 valence electrons. The zero-order valence-electron chi connectivity index (χ0n) is 16.8. The average Bonchev–Trinajstić information content (AvgIpc) is 3.22. The lowest BCUT2D eigenvalue weighted by atomic mass is 10.0. The lowest BCUT2D eigenvalue weighted by Crippen LogP contribution is -1.85. The first-order valence-electron chi connectivity index (χ1n) is 10.4. The Kier molecular flexibility index (Phi) is 4.37. The molecule has 1 nitrogen and oxygen atoms in total. The highest BCUT2D eigenvalue weighted by Crippen LogP contribution is 2.38. The maximum atomic E-state index is 4.65. The predicted molar refractivity (Wildman–Crippen MR) is 133 cm³/mol. The van der Waals surface area contributed by atoms with Crippen molar-refractivity contribution in [2.75, 3.05) is 0 Å². The van der Waals surface area contributed by atoms with Crippen LogP contribution < -0.4 is 0 Å². The van der Waals surface area contributed by atoms with Crippen molar-refractivity contribution in [2.45, 2.75) is 0 Å². The van der Waals surface area contributed by atoms with Crippen molar-refractivity contribution < 1.29 is 0 Å². The quantitative estimate of drug-likeness (QED) is 0.283. The molecular formula is C29H19NS. The van der Waals surface area contributed by atoms with Crippen molar-refractivity contribution in [3.63, 3.8) is 0 Å². The zero-order valence-corrected chi connectivity index (χ0v) is 17.6. The Morgan fingerprint density at radius 1 is 0.452 bits per heavy atom. The Balaban J connectivity index is 1.44. The van der Waals surface area contributed by atoms with Gasteiger partial charge in [0.15, 0.2) is 0 Å². The van der Waals surface area contributed by atoms with E-state index < -0.39 is 0 Å². The van der Waals surface area contributed by atoms with Crippen molar-refractivity contribution in [1.82, 2.24) is 4.98 Å². The highest BCUT2D eigenvalue weighted by molar-refractivity contribution is 7.25. The first-order chi connectivity index (χ1) is 15.3. The molecule has 6 aromatic rings. The van der Waals surface area contributed by atoms with Crippen LogP contribution in [-0.2, 0) is 0 Å². The number of benzene rings is 4. The number of hydrogen-bond donors (Lipinski definition) is 0. The fourth-order valence-corrected chi connectivity index (χ4v) is 5.27. The molecule has 0 saturated heterocycles. The van der Waals surface area contributed by atoms with Crippen molar-refractivity contribution >= 4 is 31.5 Å². The number of nitrogens with zero attached hydrogens (tertiary/aromatic N) is 1. The topological polar surface area (TPSA) is 12.9 Å². The molecule has 0 fully saturated rings. The molecule has 0 N–H and O–H groups in total. The Bertz CT molecular complexity index is 1510. The fourth-order valence-electron chi connectivity index (χ4n) is 4.15. The molecule has 2 aromatic heterocycles. The van der Waals surface area contributed by atoms with Crippen LogP contribution in [0.2, 0.25) is 0 Å². The molecule has 0 amide bonds. The van der Waals surface area contributed by atoms with E-state index in [9.17, 15) is 0 Å². The van der Waals surface area contributed by atoms with Gasteiger partial charge in [-0.3, -0.25) is 4.98 Å². The van der Waals surface area contributed by atoms with E-state index in [2.05, 4.69) is 108 Å². The molecule has 0 unspecified atom stereocenters. The van der Waals surface area contributed by atoms with Crippen LogP contribution in [0, 0.1) is 0 Å². The van der Waals surface area contributed by atoms with Crippen LogP contribution in [0.4, 0.5) is 0 Å². The SMILES string of the molecule is c1ccc(-c2ccnc(-c3ccc4c(c3)sc3ccc(-c5ccccc5)cc34)c2)cc1. The summed E-state index contributed by atoms with van der Waals surface area (Å²) in [6.07, 6.45) is 1.90. The fraction of sp³-hybridized carbons (Fsp3) is 0. The summed E-state index contributed by atoms with van der Waals surface area (Å²) >= 11 is 1.85. The Labute approximate surface area is 185 Å². The van der Waals surface area contributed by atoms with Gasteiger partial charge in [-0.05, 0) is 52.6 Å². The van der Waals surface area contributed by atoms with Gasteiger partial charge < -0.3 is 0 Å². The smallest absolute Gasteiger partial charge is 0.0708 e. The van der Waals surface area contributed by atoms with E-state index in [0.29, 0.717) is 0 Å². The molecule has 4 aromatic carbocycles. The van der Waals surface area contributed by atoms with Crippen LogP contribution in [0.25, 0.3) is 53.7 Å². The van der Waals surface area contributed by atoms with Gasteiger partial charge in [-0.2, -0.15) is 0 Å². The van der Waals surface area contributed by atoms with Crippen LogP contribution in [-0.4, -0.2) is 4.98 Å². The van der Waals surface area contributed by atoms with Gasteiger partial charge in [0.05, 0.1) is 5.69 Å². The molecule has 0 aliphatic carbocycles. The van der Waals surface area contributed by atoms with Gasteiger partial charge in [0.2, 0.25) is 0 Å². The van der Waals surface area contributed by atoms with E-state index >= 15 is 0 Å². The minimum Gasteiger partial charge on any atom is -0.256 e. The molecule has 6 rings (SSSR count). The largest absolute Gasteiger partial charge is 0.256 e. The van der Waals surface area contributed by atoms with Crippen LogP contribution in [0.3, 0.4) is 0 Å². The summed E-state index contributed by atoms with van der Waals surface area (Å²) in [6, 6.07) is 38.8. The summed E-state index contributed by atoms with van der Waals surface area (Å²) in [6.45, 7) is 0. The first kappa shape index (κ1) is 18.1. The molecule has 0 saturated carbocycles. The second-order valence-corrected chi connectivity index (χ2v) is 8.77. The molecule has 0 spiro atoms. The molecule has 0 atom stereocenters. The normalized spacial score (nSPS) is 11.2. The van der Waals surface area contributed by atoms with E-state index in [1.165, 1.54) is 42.4 Å². The third-order valence-electron chi connectivity index (χ3n) is 5.74. The van der Waals surface area contributed by atoms with Gasteiger partial charge in [0, 0.05) is 31.9 Å². The van der Waals surface area contributed by atoms with Crippen molar-refractivity contribution in [2.24, 2.45) is 0 Å². The second kappa shape index (κ2) is 7.50. The highest BCUT2D eigenvalue weighted by atomic mass is 32.1. The molecule has 31 heavy (non-hydrogen) atoms. The van der Waals surface area contributed by atoms with Gasteiger partial charge >= 0.3 is 0 Å². The molecule has 0 bridgehead atoms. The van der Waals surface area contributed by atoms with Gasteiger partial charge in [-0.1, -0.05) is 78.9 Å². The summed E-state index contributed by atoms with van der Waals surface area (Å²) in [5.41, 5.74) is 7.07. The molecule has 0 aliphatic rings. The highest BCUT2D eigenvalue weighted by Gasteiger charge is 2.10. The maximum Gasteiger partial charge on any atom is 0.0708 e. The van der Waals surface area contributed by atoms with E-state index in [1.807, 2.05) is 23.6 Å². The number of hydrogen-bond acceptors (Lipinski definition) is 2. The number of fused-ring (bicyclic) bond motifs is 3. The Morgan fingerprint density at radius 2 is 1.13 bits per heavy atom. The molecule has 2 heterocycles. The maximum absolute atomic E-state index is 4.65. The zero-order chi connectivity index (χ0) is 20.6. The van der Waals surface area contributed by atoms with Crippen LogP contribution in [0.1, 0.15) is 0 Å².